The summed E-state index contributed by atoms with van der Waals surface area (Å²) in [4.78, 5) is 8.86. The Morgan fingerprint density at radius 1 is 1.29 bits per heavy atom. The van der Waals surface area contributed by atoms with Crippen LogP contribution >= 0.6 is 0 Å². The van der Waals surface area contributed by atoms with Crippen molar-refractivity contribution in [2.24, 2.45) is 12.0 Å². The summed E-state index contributed by atoms with van der Waals surface area (Å²) in [5.74, 6) is 0.947. The number of benzene rings is 1. The van der Waals surface area contributed by atoms with E-state index >= 15 is 0 Å². The van der Waals surface area contributed by atoms with Crippen LogP contribution in [-0.2, 0) is 7.05 Å². The second-order valence-corrected chi connectivity index (χ2v) is 10.6. The van der Waals surface area contributed by atoms with Gasteiger partial charge in [0.2, 0.25) is 8.32 Å². The normalized spacial score (nSPS) is 13.6. The number of aryl methyl sites for hydroxylation is 1. The van der Waals surface area contributed by atoms with Gasteiger partial charge in [0.25, 0.3) is 0 Å². The van der Waals surface area contributed by atoms with Crippen molar-refractivity contribution >= 4 is 14.5 Å². The zero-order chi connectivity index (χ0) is 15.5. The van der Waals surface area contributed by atoms with Crippen LogP contribution in [0.1, 0.15) is 24.2 Å². The van der Waals surface area contributed by atoms with Crippen molar-refractivity contribution in [1.82, 2.24) is 9.55 Å². The van der Waals surface area contributed by atoms with E-state index in [1.165, 1.54) is 0 Å². The topological polar surface area (TPSA) is 39.4 Å². The van der Waals surface area contributed by atoms with Gasteiger partial charge in [-0.3, -0.25) is 4.99 Å². The summed E-state index contributed by atoms with van der Waals surface area (Å²) in [6.07, 6.45) is 5.53. The Bertz CT molecular complexity index is 628. The fourth-order valence-corrected chi connectivity index (χ4v) is 2.86. The molecule has 1 atom stereocenters. The maximum absolute atomic E-state index is 6.16. The van der Waals surface area contributed by atoms with Crippen molar-refractivity contribution in [2.75, 3.05) is 0 Å². The first-order valence-electron chi connectivity index (χ1n) is 7.14. The summed E-state index contributed by atoms with van der Waals surface area (Å²) in [5, 5.41) is 0. The van der Waals surface area contributed by atoms with Gasteiger partial charge in [-0.15, -0.1) is 0 Å². The number of imidazole rings is 1. The molecule has 0 N–H and O–H groups in total. The van der Waals surface area contributed by atoms with Crippen molar-refractivity contribution in [3.05, 3.63) is 48.0 Å². The van der Waals surface area contributed by atoms with Crippen LogP contribution in [0.2, 0.25) is 19.6 Å². The van der Waals surface area contributed by atoms with Gasteiger partial charge >= 0.3 is 0 Å². The molecule has 112 valence electrons. The second kappa shape index (κ2) is 6.26. The maximum Gasteiger partial charge on any atom is 0.242 e. The third-order valence-electron chi connectivity index (χ3n) is 2.94. The Labute approximate surface area is 127 Å². The number of aliphatic imine (C=N–C) groups is 1. The van der Waals surface area contributed by atoms with E-state index in [0.717, 1.165) is 17.0 Å². The number of hydrogen-bond donors (Lipinski definition) is 0. The van der Waals surface area contributed by atoms with E-state index in [-0.39, 0.29) is 6.04 Å². The van der Waals surface area contributed by atoms with Gasteiger partial charge in [0, 0.05) is 25.0 Å². The van der Waals surface area contributed by atoms with Crippen LogP contribution in [0.25, 0.3) is 0 Å². The largest absolute Gasteiger partial charge is 0.544 e. The fraction of sp³-hybridized carbons (Fsp3) is 0.375. The van der Waals surface area contributed by atoms with Crippen LogP contribution in [0, 0.1) is 0 Å². The first-order valence-corrected chi connectivity index (χ1v) is 10.5. The lowest BCUT2D eigenvalue weighted by Gasteiger charge is -2.22. The molecule has 0 amide bonds. The van der Waals surface area contributed by atoms with Gasteiger partial charge < -0.3 is 8.99 Å². The van der Waals surface area contributed by atoms with Gasteiger partial charge in [0.15, 0.2) is 0 Å². The van der Waals surface area contributed by atoms with Crippen LogP contribution in [0.4, 0.5) is 0 Å². The summed E-state index contributed by atoms with van der Waals surface area (Å²) in [5.41, 5.74) is 1.99. The average molecular weight is 301 g/mol. The van der Waals surface area contributed by atoms with E-state index in [1.54, 1.807) is 6.33 Å². The number of para-hydroxylation sites is 1. The molecule has 0 radical (unpaired) electrons. The van der Waals surface area contributed by atoms with E-state index in [2.05, 4.69) is 42.6 Å². The van der Waals surface area contributed by atoms with Crippen LogP contribution in [-0.4, -0.2) is 24.1 Å². The first-order chi connectivity index (χ1) is 9.85. The van der Waals surface area contributed by atoms with Gasteiger partial charge in [-0.1, -0.05) is 18.2 Å². The average Bonchev–Trinajstić information content (AvgIpc) is 2.80. The summed E-state index contributed by atoms with van der Waals surface area (Å²) < 4.78 is 8.07. The molecule has 0 spiro atoms. The van der Waals surface area contributed by atoms with Crippen LogP contribution in [0.3, 0.4) is 0 Å². The van der Waals surface area contributed by atoms with E-state index in [1.807, 2.05) is 42.2 Å². The molecule has 21 heavy (non-hydrogen) atoms. The number of nitrogens with zero attached hydrogens (tertiary/aromatic N) is 3. The highest BCUT2D eigenvalue weighted by Crippen LogP contribution is 2.29. The highest BCUT2D eigenvalue weighted by Gasteiger charge is 2.19. The Hall–Kier alpha value is -1.88. The van der Waals surface area contributed by atoms with Crippen molar-refractivity contribution < 1.29 is 4.43 Å². The maximum atomic E-state index is 6.16. The Morgan fingerprint density at radius 3 is 2.62 bits per heavy atom. The molecule has 1 unspecified atom stereocenters. The van der Waals surface area contributed by atoms with E-state index in [9.17, 15) is 0 Å². The Balaban J connectivity index is 2.19. The second-order valence-electron chi connectivity index (χ2n) is 6.17. The quantitative estimate of drug-likeness (QED) is 0.622. The molecule has 0 aliphatic heterocycles. The SMILES string of the molecule is CC(N=Cc1cn(C)cn1)c1ccccc1O[Si](C)(C)C. The minimum Gasteiger partial charge on any atom is -0.544 e. The standard InChI is InChI=1S/C16H23N3OSi/c1-13(17-10-14-11-19(2)12-18-14)15-8-6-7-9-16(15)20-21(3,4)5/h6-13H,1-5H3. The molecule has 4 nitrogen and oxygen atoms in total. The zero-order valence-corrected chi connectivity index (χ0v) is 14.4. The summed E-state index contributed by atoms with van der Waals surface area (Å²) in [6.45, 7) is 8.63. The highest BCUT2D eigenvalue weighted by atomic mass is 28.4. The first kappa shape index (κ1) is 15.5. The summed E-state index contributed by atoms with van der Waals surface area (Å²) >= 11 is 0. The Kier molecular flexibility index (Phi) is 4.62. The predicted molar refractivity (Wildman–Crippen MR) is 89.6 cm³/mol. The number of hydrogen-bond acceptors (Lipinski definition) is 3. The van der Waals surface area contributed by atoms with Crippen molar-refractivity contribution in [2.45, 2.75) is 32.6 Å². The van der Waals surface area contributed by atoms with Gasteiger partial charge in [0.05, 0.1) is 18.1 Å². The third kappa shape index (κ3) is 4.56. The van der Waals surface area contributed by atoms with Crippen LogP contribution in [0.5, 0.6) is 5.75 Å². The molecular formula is C16H23N3OSi. The van der Waals surface area contributed by atoms with E-state index in [4.69, 9.17) is 4.43 Å². The van der Waals surface area contributed by atoms with Gasteiger partial charge in [-0.2, -0.15) is 0 Å². The lowest BCUT2D eigenvalue weighted by molar-refractivity contribution is 0.543. The van der Waals surface area contributed by atoms with Crippen molar-refractivity contribution in [3.63, 3.8) is 0 Å². The minimum atomic E-state index is -1.63. The lowest BCUT2D eigenvalue weighted by Crippen LogP contribution is -2.29. The molecule has 0 saturated heterocycles. The van der Waals surface area contributed by atoms with Gasteiger partial charge in [-0.05, 0) is 32.6 Å². The smallest absolute Gasteiger partial charge is 0.242 e. The molecule has 0 aliphatic rings. The molecule has 5 heteroatoms. The summed E-state index contributed by atoms with van der Waals surface area (Å²) in [7, 11) is 0.323. The molecular weight excluding hydrogens is 278 g/mol. The molecule has 1 aromatic carbocycles. The summed E-state index contributed by atoms with van der Waals surface area (Å²) in [6, 6.07) is 8.18. The van der Waals surface area contributed by atoms with Gasteiger partial charge in [-0.25, -0.2) is 4.98 Å². The molecule has 0 fully saturated rings. The van der Waals surface area contributed by atoms with Gasteiger partial charge in [0.1, 0.15) is 5.75 Å². The molecule has 2 aromatic rings. The molecule has 0 bridgehead atoms. The molecule has 1 aromatic heterocycles. The minimum absolute atomic E-state index is 0.0413. The highest BCUT2D eigenvalue weighted by molar-refractivity contribution is 6.70. The Morgan fingerprint density at radius 2 is 2.00 bits per heavy atom. The van der Waals surface area contributed by atoms with E-state index < -0.39 is 8.32 Å². The lowest BCUT2D eigenvalue weighted by atomic mass is 10.1. The molecule has 1 heterocycles. The van der Waals surface area contributed by atoms with E-state index in [0.29, 0.717) is 0 Å². The zero-order valence-electron chi connectivity index (χ0n) is 13.4. The molecule has 0 saturated carbocycles. The molecule has 0 aliphatic carbocycles. The fourth-order valence-electron chi connectivity index (χ4n) is 2.02. The van der Waals surface area contributed by atoms with Crippen molar-refractivity contribution in [1.29, 1.82) is 0 Å². The van der Waals surface area contributed by atoms with Crippen LogP contribution < -0.4 is 4.43 Å². The van der Waals surface area contributed by atoms with Crippen LogP contribution in [0.15, 0.2) is 41.8 Å². The number of rotatable bonds is 5. The molecule has 2 rings (SSSR count). The number of aromatic nitrogens is 2. The predicted octanol–water partition coefficient (Wildman–Crippen LogP) is 3.81. The van der Waals surface area contributed by atoms with Crippen molar-refractivity contribution in [3.8, 4) is 5.75 Å². The third-order valence-corrected chi connectivity index (χ3v) is 3.77. The monoisotopic (exact) mass is 301 g/mol.